The molecule has 2 heterocycles. The summed E-state index contributed by atoms with van der Waals surface area (Å²) >= 11 is 0. The number of aliphatic imine (C=N–C) groups is 3. The summed E-state index contributed by atoms with van der Waals surface area (Å²) in [5.74, 6) is 0.145. The van der Waals surface area contributed by atoms with Gasteiger partial charge in [0, 0.05) is 24.6 Å². The van der Waals surface area contributed by atoms with Crippen molar-refractivity contribution < 1.29 is 9.59 Å². The number of allylic oxidation sites excluding steroid dienone is 2. The molecule has 0 fully saturated rings. The molecule has 3 rings (SSSR count). The molecule has 0 spiro atoms. The molecule has 0 aromatic heterocycles. The Morgan fingerprint density at radius 2 is 2.05 bits per heavy atom. The lowest BCUT2D eigenvalue weighted by Gasteiger charge is -2.32. The SMILES string of the molecule is CCC1=NC2=C3C=NC(C)(C)C(=O)C3CC(=O)C2=N1. The number of rotatable bonds is 1. The van der Waals surface area contributed by atoms with Crippen LogP contribution in [0.25, 0.3) is 0 Å². The third kappa shape index (κ3) is 1.64. The molecule has 0 amide bonds. The van der Waals surface area contributed by atoms with Gasteiger partial charge in [0.2, 0.25) is 0 Å². The Bertz CT molecular complexity index is 621. The average molecular weight is 257 g/mol. The Balaban J connectivity index is 2.19. The quantitative estimate of drug-likeness (QED) is 0.714. The summed E-state index contributed by atoms with van der Waals surface area (Å²) in [6, 6.07) is 0. The average Bonchev–Trinajstić information content (AvgIpc) is 2.80. The normalized spacial score (nSPS) is 28.1. The fraction of sp³-hybridized carbons (Fsp3) is 0.500. The summed E-state index contributed by atoms with van der Waals surface area (Å²) in [7, 11) is 0. The molecule has 0 N–H and O–H groups in total. The number of hydrogen-bond acceptors (Lipinski definition) is 5. The fourth-order valence-electron chi connectivity index (χ4n) is 2.61. The van der Waals surface area contributed by atoms with E-state index in [1.54, 1.807) is 20.1 Å². The minimum atomic E-state index is -0.750. The molecule has 19 heavy (non-hydrogen) atoms. The van der Waals surface area contributed by atoms with E-state index in [-0.39, 0.29) is 18.0 Å². The van der Waals surface area contributed by atoms with Crippen LogP contribution in [0.3, 0.4) is 0 Å². The molecule has 0 aromatic carbocycles. The number of nitrogens with zero attached hydrogens (tertiary/aromatic N) is 3. The molecule has 98 valence electrons. The first kappa shape index (κ1) is 12.1. The maximum atomic E-state index is 12.4. The summed E-state index contributed by atoms with van der Waals surface area (Å²) in [5, 5.41) is 0. The van der Waals surface area contributed by atoms with Crippen molar-refractivity contribution in [2.75, 3.05) is 0 Å². The highest BCUT2D eigenvalue weighted by Crippen LogP contribution is 2.36. The van der Waals surface area contributed by atoms with E-state index in [0.29, 0.717) is 23.7 Å². The number of carbonyl (C=O) groups excluding carboxylic acids is 2. The molecule has 0 saturated heterocycles. The minimum absolute atomic E-state index is 0.00921. The Labute approximate surface area is 111 Å². The molecule has 1 aliphatic carbocycles. The van der Waals surface area contributed by atoms with Crippen LogP contribution in [0.5, 0.6) is 0 Å². The highest BCUT2D eigenvalue weighted by molar-refractivity contribution is 6.51. The zero-order chi connectivity index (χ0) is 13.8. The number of ketones is 2. The third-order valence-corrected chi connectivity index (χ3v) is 3.77. The van der Waals surface area contributed by atoms with Gasteiger partial charge in [-0.15, -0.1) is 0 Å². The van der Waals surface area contributed by atoms with Gasteiger partial charge in [0.1, 0.15) is 17.1 Å². The van der Waals surface area contributed by atoms with Crippen LogP contribution in [0.4, 0.5) is 0 Å². The van der Waals surface area contributed by atoms with Gasteiger partial charge in [0.15, 0.2) is 11.6 Å². The summed E-state index contributed by atoms with van der Waals surface area (Å²) < 4.78 is 0. The largest absolute Gasteiger partial charge is 0.296 e. The second-order valence-corrected chi connectivity index (χ2v) is 5.51. The molecule has 3 aliphatic rings. The van der Waals surface area contributed by atoms with Crippen molar-refractivity contribution in [2.45, 2.75) is 39.2 Å². The number of hydrogen-bond donors (Lipinski definition) is 0. The Morgan fingerprint density at radius 1 is 1.32 bits per heavy atom. The Morgan fingerprint density at radius 3 is 2.74 bits per heavy atom. The molecular weight excluding hydrogens is 242 g/mol. The highest BCUT2D eigenvalue weighted by Gasteiger charge is 2.45. The van der Waals surface area contributed by atoms with E-state index in [1.165, 1.54) is 0 Å². The van der Waals surface area contributed by atoms with Crippen LogP contribution in [0.15, 0.2) is 26.2 Å². The molecule has 5 heteroatoms. The standard InChI is InChI=1S/C14H15N3O2/c1-4-10-16-11-8-6-15-14(2,3)13(19)7(8)5-9(18)12(11)17-10/h6-7H,4-5H2,1-3H3. The van der Waals surface area contributed by atoms with Crippen molar-refractivity contribution in [1.29, 1.82) is 0 Å². The minimum Gasteiger partial charge on any atom is -0.296 e. The molecule has 0 aromatic rings. The van der Waals surface area contributed by atoms with Crippen LogP contribution in [0.2, 0.25) is 0 Å². The summed E-state index contributed by atoms with van der Waals surface area (Å²) in [6.07, 6.45) is 2.57. The lowest BCUT2D eigenvalue weighted by molar-refractivity contribution is -0.128. The van der Waals surface area contributed by atoms with Crippen LogP contribution in [-0.2, 0) is 9.59 Å². The van der Waals surface area contributed by atoms with E-state index in [1.807, 2.05) is 6.92 Å². The molecule has 5 nitrogen and oxygen atoms in total. The maximum Gasteiger partial charge on any atom is 0.184 e. The predicted molar refractivity (Wildman–Crippen MR) is 72.9 cm³/mol. The molecule has 0 radical (unpaired) electrons. The van der Waals surface area contributed by atoms with E-state index >= 15 is 0 Å². The van der Waals surface area contributed by atoms with Crippen molar-refractivity contribution >= 4 is 29.3 Å². The molecular formula is C14H15N3O2. The third-order valence-electron chi connectivity index (χ3n) is 3.77. The Hall–Kier alpha value is -1.91. The lowest BCUT2D eigenvalue weighted by Crippen LogP contribution is -2.44. The van der Waals surface area contributed by atoms with Gasteiger partial charge >= 0.3 is 0 Å². The topological polar surface area (TPSA) is 71.2 Å². The van der Waals surface area contributed by atoms with Crippen LogP contribution < -0.4 is 0 Å². The first-order valence-corrected chi connectivity index (χ1v) is 6.47. The number of amidine groups is 1. The molecule has 0 bridgehead atoms. The molecule has 1 atom stereocenters. The van der Waals surface area contributed by atoms with Gasteiger partial charge in [-0.1, -0.05) is 6.92 Å². The highest BCUT2D eigenvalue weighted by atomic mass is 16.1. The van der Waals surface area contributed by atoms with Crippen LogP contribution >= 0.6 is 0 Å². The van der Waals surface area contributed by atoms with Gasteiger partial charge in [-0.2, -0.15) is 0 Å². The Kier molecular flexibility index (Phi) is 2.42. The van der Waals surface area contributed by atoms with Crippen molar-refractivity contribution in [3.63, 3.8) is 0 Å². The van der Waals surface area contributed by atoms with E-state index in [0.717, 1.165) is 5.57 Å². The second kappa shape index (κ2) is 3.79. The second-order valence-electron chi connectivity index (χ2n) is 5.51. The van der Waals surface area contributed by atoms with Gasteiger partial charge in [-0.3, -0.25) is 14.6 Å². The van der Waals surface area contributed by atoms with E-state index in [4.69, 9.17) is 0 Å². The van der Waals surface area contributed by atoms with Crippen molar-refractivity contribution in [1.82, 2.24) is 0 Å². The summed E-state index contributed by atoms with van der Waals surface area (Å²) in [5.41, 5.74) is 0.971. The maximum absolute atomic E-state index is 12.4. The first-order chi connectivity index (χ1) is 8.94. The van der Waals surface area contributed by atoms with E-state index in [2.05, 4.69) is 15.0 Å². The zero-order valence-electron chi connectivity index (χ0n) is 11.2. The molecule has 0 saturated carbocycles. The zero-order valence-corrected chi connectivity index (χ0v) is 11.2. The van der Waals surface area contributed by atoms with Gasteiger partial charge in [0.05, 0.1) is 11.6 Å². The van der Waals surface area contributed by atoms with Crippen molar-refractivity contribution in [3.8, 4) is 0 Å². The predicted octanol–water partition coefficient (Wildman–Crippen LogP) is 1.52. The van der Waals surface area contributed by atoms with Gasteiger partial charge in [-0.25, -0.2) is 9.98 Å². The van der Waals surface area contributed by atoms with Gasteiger partial charge in [0.25, 0.3) is 0 Å². The molecule has 2 aliphatic heterocycles. The summed E-state index contributed by atoms with van der Waals surface area (Å²) in [4.78, 5) is 37.4. The first-order valence-electron chi connectivity index (χ1n) is 6.47. The van der Waals surface area contributed by atoms with Crippen molar-refractivity contribution in [3.05, 3.63) is 11.3 Å². The number of Topliss-reactive ketones (excluding diaryl/α,β-unsaturated/α-hetero) is 2. The van der Waals surface area contributed by atoms with Gasteiger partial charge in [-0.05, 0) is 13.8 Å². The van der Waals surface area contributed by atoms with E-state index < -0.39 is 11.5 Å². The number of fused-ring (bicyclic) bond motifs is 2. The van der Waals surface area contributed by atoms with Gasteiger partial charge < -0.3 is 0 Å². The monoisotopic (exact) mass is 257 g/mol. The molecule has 1 unspecified atom stereocenters. The summed E-state index contributed by atoms with van der Waals surface area (Å²) in [6.45, 7) is 5.49. The smallest absolute Gasteiger partial charge is 0.184 e. The van der Waals surface area contributed by atoms with E-state index in [9.17, 15) is 9.59 Å². The lowest BCUT2D eigenvalue weighted by atomic mass is 9.74. The number of carbonyl (C=O) groups is 2. The van der Waals surface area contributed by atoms with Crippen LogP contribution in [0.1, 0.15) is 33.6 Å². The fourth-order valence-corrected chi connectivity index (χ4v) is 2.61. The van der Waals surface area contributed by atoms with Crippen molar-refractivity contribution in [2.24, 2.45) is 20.9 Å². The van der Waals surface area contributed by atoms with Crippen LogP contribution in [0, 0.1) is 5.92 Å². The van der Waals surface area contributed by atoms with Crippen LogP contribution in [-0.4, -0.2) is 34.9 Å².